The van der Waals surface area contributed by atoms with Gasteiger partial charge in [0.05, 0.1) is 11.0 Å². The normalized spacial score (nSPS) is 19.0. The third-order valence-electron chi connectivity index (χ3n) is 6.75. The standard InChI is InChI=1S/C29H22N4/c1-18-11-14-26-24(15-18)23-9-5-6-10-25(23)33(26)29-31-27(19-7-3-2-4-8-19)30-28(32-29)21-13-12-20-16-22(20)17-21/h2-15,17,20,22H,16H2,1H3. The average Bonchev–Trinajstić information content (AvgIpc) is 3.58. The maximum absolute atomic E-state index is 5.02. The van der Waals surface area contributed by atoms with Gasteiger partial charge in [-0.25, -0.2) is 4.98 Å². The highest BCUT2D eigenvalue weighted by atomic mass is 15.2. The first-order valence-corrected chi connectivity index (χ1v) is 11.5. The summed E-state index contributed by atoms with van der Waals surface area (Å²) < 4.78 is 2.18. The second-order valence-corrected chi connectivity index (χ2v) is 9.07. The predicted octanol–water partition coefficient (Wildman–Crippen LogP) is 6.53. The number of aryl methyl sites for hydroxylation is 1. The minimum Gasteiger partial charge on any atom is -0.278 e. The van der Waals surface area contributed by atoms with Crippen LogP contribution in [0.15, 0.2) is 91.0 Å². The van der Waals surface area contributed by atoms with Crippen molar-refractivity contribution in [2.24, 2.45) is 11.8 Å². The van der Waals surface area contributed by atoms with E-state index in [2.05, 4.69) is 84.3 Å². The van der Waals surface area contributed by atoms with Crippen LogP contribution in [0.2, 0.25) is 0 Å². The third-order valence-corrected chi connectivity index (χ3v) is 6.75. The smallest absolute Gasteiger partial charge is 0.238 e. The molecule has 0 radical (unpaired) electrons. The molecule has 7 rings (SSSR count). The number of hydrogen-bond donors (Lipinski definition) is 0. The lowest BCUT2D eigenvalue weighted by Gasteiger charge is -2.12. The highest BCUT2D eigenvalue weighted by molar-refractivity contribution is 6.09. The second-order valence-electron chi connectivity index (χ2n) is 9.07. The molecule has 1 fully saturated rings. The Morgan fingerprint density at radius 3 is 2.42 bits per heavy atom. The number of hydrogen-bond acceptors (Lipinski definition) is 3. The van der Waals surface area contributed by atoms with Crippen LogP contribution in [0.1, 0.15) is 17.8 Å². The van der Waals surface area contributed by atoms with Crippen LogP contribution in [0.5, 0.6) is 0 Å². The molecular formula is C29H22N4. The molecule has 2 atom stereocenters. The summed E-state index contributed by atoms with van der Waals surface area (Å²) in [5.74, 6) is 3.41. The molecule has 2 aromatic heterocycles. The lowest BCUT2D eigenvalue weighted by molar-refractivity contribution is 0.923. The largest absolute Gasteiger partial charge is 0.278 e. The Morgan fingerprint density at radius 1 is 0.758 bits per heavy atom. The van der Waals surface area contributed by atoms with Crippen molar-refractivity contribution in [2.45, 2.75) is 13.3 Å². The van der Waals surface area contributed by atoms with Gasteiger partial charge in [0.1, 0.15) is 0 Å². The van der Waals surface area contributed by atoms with Gasteiger partial charge < -0.3 is 0 Å². The van der Waals surface area contributed by atoms with Crippen LogP contribution in [0.3, 0.4) is 0 Å². The van der Waals surface area contributed by atoms with Crippen LogP contribution >= 0.6 is 0 Å². The molecule has 3 aromatic carbocycles. The fraction of sp³-hybridized carbons (Fsp3) is 0.138. The Kier molecular flexibility index (Phi) is 3.91. The van der Waals surface area contributed by atoms with Crippen LogP contribution in [0.4, 0.5) is 0 Å². The van der Waals surface area contributed by atoms with E-state index in [9.17, 15) is 0 Å². The van der Waals surface area contributed by atoms with Crippen LogP contribution in [0, 0.1) is 18.8 Å². The second kappa shape index (κ2) is 6.97. The van der Waals surface area contributed by atoms with Crippen LogP contribution in [0.25, 0.3) is 44.7 Å². The Labute approximate surface area is 192 Å². The SMILES string of the molecule is Cc1ccc2c(c1)c1ccccc1n2-c1nc(C2=CC3CC3C=C2)nc(-c2ccccc2)n1. The molecule has 5 aromatic rings. The molecule has 1 saturated carbocycles. The van der Waals surface area contributed by atoms with Crippen LogP contribution < -0.4 is 0 Å². The van der Waals surface area contributed by atoms with E-state index in [1.165, 1.54) is 22.8 Å². The number of nitrogens with zero attached hydrogens (tertiary/aromatic N) is 4. The summed E-state index contributed by atoms with van der Waals surface area (Å²) in [4.78, 5) is 14.9. The zero-order valence-electron chi connectivity index (χ0n) is 18.3. The molecule has 158 valence electrons. The number of para-hydroxylation sites is 1. The van der Waals surface area contributed by atoms with Gasteiger partial charge in [0.15, 0.2) is 11.6 Å². The molecule has 0 N–H and O–H groups in total. The maximum atomic E-state index is 5.02. The van der Waals surface area contributed by atoms with Gasteiger partial charge in [-0.15, -0.1) is 0 Å². The molecule has 2 aliphatic rings. The summed E-state index contributed by atoms with van der Waals surface area (Å²) >= 11 is 0. The Bertz CT molecular complexity index is 1610. The lowest BCUT2D eigenvalue weighted by atomic mass is 10.1. The van der Waals surface area contributed by atoms with E-state index in [-0.39, 0.29) is 0 Å². The van der Waals surface area contributed by atoms with E-state index in [4.69, 9.17) is 15.0 Å². The average molecular weight is 427 g/mol. The Morgan fingerprint density at radius 2 is 1.55 bits per heavy atom. The number of aromatic nitrogens is 4. The molecule has 2 aliphatic carbocycles. The third kappa shape index (κ3) is 3.02. The highest BCUT2D eigenvalue weighted by Crippen LogP contribution is 2.45. The molecule has 4 nitrogen and oxygen atoms in total. The van der Waals surface area contributed by atoms with E-state index >= 15 is 0 Å². The predicted molar refractivity (Wildman–Crippen MR) is 133 cm³/mol. The van der Waals surface area contributed by atoms with Crippen LogP contribution in [-0.4, -0.2) is 19.5 Å². The van der Waals surface area contributed by atoms with Gasteiger partial charge in [-0.3, -0.25) is 4.57 Å². The first-order valence-electron chi connectivity index (χ1n) is 11.5. The highest BCUT2D eigenvalue weighted by Gasteiger charge is 2.35. The van der Waals surface area contributed by atoms with Crippen molar-refractivity contribution >= 4 is 27.4 Å². The van der Waals surface area contributed by atoms with Crippen LogP contribution in [-0.2, 0) is 0 Å². The van der Waals surface area contributed by atoms with Gasteiger partial charge in [0.25, 0.3) is 0 Å². The monoisotopic (exact) mass is 426 g/mol. The van der Waals surface area contributed by atoms with Gasteiger partial charge in [-0.05, 0) is 43.4 Å². The minimum absolute atomic E-state index is 0.626. The molecule has 33 heavy (non-hydrogen) atoms. The summed E-state index contributed by atoms with van der Waals surface area (Å²) in [6.45, 7) is 2.13. The fourth-order valence-corrected chi connectivity index (χ4v) is 4.92. The van der Waals surface area contributed by atoms with E-state index in [0.29, 0.717) is 23.6 Å². The lowest BCUT2D eigenvalue weighted by Crippen LogP contribution is -2.08. The number of allylic oxidation sites excluding steroid dienone is 4. The van der Waals surface area contributed by atoms with Gasteiger partial charge >= 0.3 is 0 Å². The molecule has 0 spiro atoms. The molecule has 0 amide bonds. The van der Waals surface area contributed by atoms with Gasteiger partial charge in [-0.2, -0.15) is 9.97 Å². The van der Waals surface area contributed by atoms with Crippen molar-refractivity contribution in [3.05, 3.63) is 102 Å². The Balaban J connectivity index is 1.53. The molecule has 0 saturated heterocycles. The summed E-state index contributed by atoms with van der Waals surface area (Å²) in [5, 5.41) is 2.42. The fourth-order valence-electron chi connectivity index (χ4n) is 4.92. The summed E-state index contributed by atoms with van der Waals surface area (Å²) in [5.41, 5.74) is 5.52. The Hall–Kier alpha value is -4.05. The van der Waals surface area contributed by atoms with Crippen molar-refractivity contribution in [1.82, 2.24) is 19.5 Å². The van der Waals surface area contributed by atoms with Crippen molar-refractivity contribution in [3.8, 4) is 17.3 Å². The van der Waals surface area contributed by atoms with Crippen molar-refractivity contribution in [2.75, 3.05) is 0 Å². The molecule has 0 bridgehead atoms. The van der Waals surface area contributed by atoms with Crippen molar-refractivity contribution in [1.29, 1.82) is 0 Å². The molecule has 2 unspecified atom stereocenters. The van der Waals surface area contributed by atoms with Gasteiger partial charge in [0.2, 0.25) is 5.95 Å². The first kappa shape index (κ1) is 18.5. The van der Waals surface area contributed by atoms with Gasteiger partial charge in [-0.1, -0.05) is 78.4 Å². The minimum atomic E-state index is 0.626. The maximum Gasteiger partial charge on any atom is 0.238 e. The summed E-state index contributed by atoms with van der Waals surface area (Å²) in [7, 11) is 0. The first-order chi connectivity index (χ1) is 16.2. The zero-order valence-corrected chi connectivity index (χ0v) is 18.3. The topological polar surface area (TPSA) is 43.6 Å². The van der Waals surface area contributed by atoms with Crippen molar-refractivity contribution in [3.63, 3.8) is 0 Å². The molecule has 2 heterocycles. The van der Waals surface area contributed by atoms with E-state index < -0.39 is 0 Å². The number of benzene rings is 3. The zero-order chi connectivity index (χ0) is 21.9. The molecule has 0 aliphatic heterocycles. The number of rotatable bonds is 3. The molecule has 4 heteroatoms. The van der Waals surface area contributed by atoms with E-state index in [0.717, 1.165) is 28.0 Å². The van der Waals surface area contributed by atoms with Crippen molar-refractivity contribution < 1.29 is 0 Å². The van der Waals surface area contributed by atoms with E-state index in [1.807, 2.05) is 18.2 Å². The quantitative estimate of drug-likeness (QED) is 0.329. The summed E-state index contributed by atoms with van der Waals surface area (Å²) in [6.07, 6.45) is 8.04. The van der Waals surface area contributed by atoms with Gasteiger partial charge in [0, 0.05) is 21.9 Å². The van der Waals surface area contributed by atoms with E-state index in [1.54, 1.807) is 0 Å². The summed E-state index contributed by atoms with van der Waals surface area (Å²) in [6, 6.07) is 25.2. The number of fused-ring (bicyclic) bond motifs is 4. The molecular weight excluding hydrogens is 404 g/mol.